The second kappa shape index (κ2) is 7.85. The minimum absolute atomic E-state index is 0.0644. The smallest absolute Gasteiger partial charge is 0.272 e. The fraction of sp³-hybridized carbons (Fsp3) is 0.421. The highest BCUT2D eigenvalue weighted by Crippen LogP contribution is 2.28. The van der Waals surface area contributed by atoms with E-state index in [9.17, 15) is 17.6 Å². The van der Waals surface area contributed by atoms with Crippen LogP contribution in [0.2, 0.25) is 5.02 Å². The first-order chi connectivity index (χ1) is 13.1. The van der Waals surface area contributed by atoms with E-state index in [1.54, 1.807) is 14.0 Å². The summed E-state index contributed by atoms with van der Waals surface area (Å²) in [6, 6.07) is 5.03. The fourth-order valence-electron chi connectivity index (χ4n) is 3.29. The average Bonchev–Trinajstić information content (AvgIpc) is 2.94. The number of nitrogens with zero attached hydrogens (tertiary/aromatic N) is 2. The molecule has 2 heterocycles. The minimum Gasteiger partial charge on any atom is -0.343 e. The Bertz CT molecular complexity index is 1010. The molecule has 0 spiro atoms. The molecule has 1 saturated heterocycles. The van der Waals surface area contributed by atoms with Crippen molar-refractivity contribution in [3.63, 3.8) is 0 Å². The number of halogens is 2. The largest absolute Gasteiger partial charge is 0.343 e. The van der Waals surface area contributed by atoms with Gasteiger partial charge < -0.3 is 9.88 Å². The number of hydrogen-bond donors (Lipinski definition) is 1. The Morgan fingerprint density at radius 3 is 2.50 bits per heavy atom. The molecule has 2 aromatic rings. The predicted octanol–water partition coefficient (Wildman–Crippen LogP) is 3.80. The van der Waals surface area contributed by atoms with E-state index in [1.807, 2.05) is 0 Å². The molecule has 0 aliphatic carbocycles. The van der Waals surface area contributed by atoms with E-state index in [2.05, 4.69) is 12.2 Å². The van der Waals surface area contributed by atoms with Gasteiger partial charge in [-0.05, 0) is 49.9 Å². The molecule has 1 amide bonds. The zero-order valence-electron chi connectivity index (χ0n) is 16.0. The van der Waals surface area contributed by atoms with Gasteiger partial charge in [-0.2, -0.15) is 4.31 Å². The molecule has 0 bridgehead atoms. The summed E-state index contributed by atoms with van der Waals surface area (Å²) >= 11 is 5.96. The first kappa shape index (κ1) is 20.8. The number of nitrogens with one attached hydrogen (secondary N) is 1. The van der Waals surface area contributed by atoms with E-state index in [0.717, 1.165) is 18.9 Å². The van der Waals surface area contributed by atoms with Gasteiger partial charge in [-0.3, -0.25) is 4.79 Å². The van der Waals surface area contributed by atoms with E-state index in [1.165, 1.54) is 27.1 Å². The Balaban J connectivity index is 1.89. The predicted molar refractivity (Wildman–Crippen MR) is 107 cm³/mol. The van der Waals surface area contributed by atoms with Crippen LogP contribution >= 0.6 is 11.6 Å². The summed E-state index contributed by atoms with van der Waals surface area (Å²) in [5.41, 5.74) is 0.914. The number of piperidine rings is 1. The number of sulfonamides is 1. The van der Waals surface area contributed by atoms with Gasteiger partial charge in [0.05, 0.1) is 10.7 Å². The summed E-state index contributed by atoms with van der Waals surface area (Å²) in [4.78, 5) is 12.8. The molecule has 1 fully saturated rings. The molecule has 1 aromatic carbocycles. The number of carbonyl (C=O) groups excluding carboxylic acids is 1. The van der Waals surface area contributed by atoms with Crippen LogP contribution < -0.4 is 5.32 Å². The van der Waals surface area contributed by atoms with Gasteiger partial charge in [-0.15, -0.1) is 0 Å². The van der Waals surface area contributed by atoms with Crippen LogP contribution in [-0.4, -0.2) is 36.3 Å². The van der Waals surface area contributed by atoms with Gasteiger partial charge in [0, 0.05) is 25.8 Å². The van der Waals surface area contributed by atoms with Gasteiger partial charge in [0.25, 0.3) is 5.91 Å². The van der Waals surface area contributed by atoms with Gasteiger partial charge >= 0.3 is 0 Å². The van der Waals surface area contributed by atoms with Crippen molar-refractivity contribution >= 4 is 33.2 Å². The van der Waals surface area contributed by atoms with Crippen molar-refractivity contribution in [1.82, 2.24) is 8.87 Å². The zero-order valence-corrected chi connectivity index (χ0v) is 17.6. The topological polar surface area (TPSA) is 71.4 Å². The highest BCUT2D eigenvalue weighted by Gasteiger charge is 2.32. The first-order valence-corrected chi connectivity index (χ1v) is 10.9. The second-order valence-corrected chi connectivity index (χ2v) is 9.52. The maximum atomic E-state index is 13.2. The number of benzene rings is 1. The maximum absolute atomic E-state index is 13.2. The maximum Gasteiger partial charge on any atom is 0.272 e. The summed E-state index contributed by atoms with van der Waals surface area (Å²) in [5.74, 6) is -0.528. The highest BCUT2D eigenvalue weighted by molar-refractivity contribution is 7.89. The molecular weight excluding hydrogens is 405 g/mol. The summed E-state index contributed by atoms with van der Waals surface area (Å²) in [6.45, 7) is 4.73. The monoisotopic (exact) mass is 427 g/mol. The van der Waals surface area contributed by atoms with Crippen molar-refractivity contribution in [3.8, 4) is 0 Å². The van der Waals surface area contributed by atoms with Crippen LogP contribution in [0, 0.1) is 18.7 Å². The Kier molecular flexibility index (Phi) is 5.84. The zero-order chi connectivity index (χ0) is 20.6. The number of hydrogen-bond acceptors (Lipinski definition) is 3. The Hall–Kier alpha value is -1.90. The molecule has 0 saturated carbocycles. The minimum atomic E-state index is -3.68. The lowest BCUT2D eigenvalue weighted by Gasteiger charge is -2.29. The normalized spacial score (nSPS) is 16.3. The van der Waals surface area contributed by atoms with E-state index in [-0.39, 0.29) is 21.3 Å². The number of aromatic nitrogens is 1. The van der Waals surface area contributed by atoms with E-state index < -0.39 is 21.7 Å². The van der Waals surface area contributed by atoms with Crippen LogP contribution in [0.15, 0.2) is 29.2 Å². The highest BCUT2D eigenvalue weighted by atomic mass is 35.5. The Labute approximate surface area is 169 Å². The molecule has 0 radical (unpaired) electrons. The molecule has 6 nitrogen and oxygen atoms in total. The average molecular weight is 428 g/mol. The van der Waals surface area contributed by atoms with Crippen molar-refractivity contribution in [2.75, 3.05) is 18.4 Å². The van der Waals surface area contributed by atoms with Gasteiger partial charge in [-0.25, -0.2) is 12.8 Å². The molecule has 3 rings (SSSR count). The van der Waals surface area contributed by atoms with Crippen LogP contribution in [0.3, 0.4) is 0 Å². The summed E-state index contributed by atoms with van der Waals surface area (Å²) in [5, 5.41) is 2.67. The van der Waals surface area contributed by atoms with Crippen molar-refractivity contribution in [3.05, 3.63) is 46.5 Å². The molecule has 1 aliphatic heterocycles. The summed E-state index contributed by atoms with van der Waals surface area (Å²) in [6.07, 6.45) is 1.64. The number of amides is 1. The van der Waals surface area contributed by atoms with E-state index >= 15 is 0 Å². The summed E-state index contributed by atoms with van der Waals surface area (Å²) in [7, 11) is -2.05. The number of carbonyl (C=O) groups is 1. The number of anilines is 1. The first-order valence-electron chi connectivity index (χ1n) is 9.04. The third-order valence-corrected chi connectivity index (χ3v) is 7.59. The Morgan fingerprint density at radius 2 is 1.89 bits per heavy atom. The SMILES string of the molecule is Cc1c(S(=O)(=O)N2CCC(C)CC2)cc(C(=O)Nc2ccc(F)cc2Cl)n1C. The number of rotatable bonds is 4. The fourth-order valence-corrected chi connectivity index (χ4v) is 5.25. The third-order valence-electron chi connectivity index (χ3n) is 5.26. The molecule has 1 N–H and O–H groups in total. The van der Waals surface area contributed by atoms with E-state index in [4.69, 9.17) is 11.6 Å². The molecule has 1 aliphatic rings. The quantitative estimate of drug-likeness (QED) is 0.806. The van der Waals surface area contributed by atoms with Crippen molar-refractivity contribution in [2.45, 2.75) is 31.6 Å². The lowest BCUT2D eigenvalue weighted by atomic mass is 10.0. The van der Waals surface area contributed by atoms with Crippen LogP contribution in [-0.2, 0) is 17.1 Å². The molecule has 0 atom stereocenters. The van der Waals surface area contributed by atoms with Crippen LogP contribution in [0.5, 0.6) is 0 Å². The Morgan fingerprint density at radius 1 is 1.25 bits per heavy atom. The second-order valence-electron chi connectivity index (χ2n) is 7.20. The standard InChI is InChI=1S/C19H23ClFN3O3S/c1-12-6-8-24(9-7-12)28(26,27)18-11-17(23(3)13(18)2)19(25)22-16-5-4-14(21)10-15(16)20/h4-5,10-12H,6-9H2,1-3H3,(H,22,25). The molecule has 28 heavy (non-hydrogen) atoms. The van der Waals surface area contributed by atoms with Crippen LogP contribution in [0.1, 0.15) is 35.9 Å². The van der Waals surface area contributed by atoms with Gasteiger partial charge in [0.2, 0.25) is 10.0 Å². The van der Waals surface area contributed by atoms with Crippen molar-refractivity contribution in [2.24, 2.45) is 13.0 Å². The molecule has 1 aromatic heterocycles. The van der Waals surface area contributed by atoms with Crippen molar-refractivity contribution in [1.29, 1.82) is 0 Å². The molecular formula is C19H23ClFN3O3S. The molecule has 0 unspecified atom stereocenters. The lowest BCUT2D eigenvalue weighted by molar-refractivity contribution is 0.101. The molecule has 152 valence electrons. The van der Waals surface area contributed by atoms with Crippen molar-refractivity contribution < 1.29 is 17.6 Å². The van der Waals surface area contributed by atoms with Crippen LogP contribution in [0.25, 0.3) is 0 Å². The van der Waals surface area contributed by atoms with Crippen LogP contribution in [0.4, 0.5) is 10.1 Å². The van der Waals surface area contributed by atoms with Gasteiger partial charge in [-0.1, -0.05) is 18.5 Å². The molecule has 9 heteroatoms. The third kappa shape index (κ3) is 3.94. The van der Waals surface area contributed by atoms with Gasteiger partial charge in [0.1, 0.15) is 16.4 Å². The van der Waals surface area contributed by atoms with Gasteiger partial charge in [0.15, 0.2) is 0 Å². The summed E-state index contributed by atoms with van der Waals surface area (Å²) < 4.78 is 42.3. The lowest BCUT2D eigenvalue weighted by Crippen LogP contribution is -2.38. The van der Waals surface area contributed by atoms with E-state index in [0.29, 0.717) is 24.7 Å².